The molecule has 0 radical (unpaired) electrons. The lowest BCUT2D eigenvalue weighted by Gasteiger charge is -2.20. The van der Waals surface area contributed by atoms with Gasteiger partial charge in [-0.1, -0.05) is 17.7 Å². The summed E-state index contributed by atoms with van der Waals surface area (Å²) >= 11 is 0. The first kappa shape index (κ1) is 13.4. The molecule has 2 unspecified atom stereocenters. The van der Waals surface area contributed by atoms with Gasteiger partial charge >= 0.3 is 0 Å². The number of aryl methyl sites for hydroxylation is 1. The van der Waals surface area contributed by atoms with E-state index in [9.17, 15) is 13.5 Å². The average molecular weight is 269 g/mol. The first-order valence-electron chi connectivity index (χ1n) is 6.13. The Balaban J connectivity index is 2.08. The third kappa shape index (κ3) is 3.03. The molecule has 2 rings (SSSR count). The van der Waals surface area contributed by atoms with E-state index < -0.39 is 9.84 Å². The van der Waals surface area contributed by atoms with Gasteiger partial charge in [0.1, 0.15) is 5.75 Å². The van der Waals surface area contributed by atoms with Crippen LogP contribution >= 0.6 is 0 Å². The highest BCUT2D eigenvalue weighted by molar-refractivity contribution is 7.91. The zero-order valence-electron chi connectivity index (χ0n) is 10.7. The van der Waals surface area contributed by atoms with Crippen molar-refractivity contribution in [3.8, 4) is 5.75 Å². The highest BCUT2D eigenvalue weighted by Gasteiger charge is 2.29. The fourth-order valence-corrected chi connectivity index (χ4v) is 4.08. The molecule has 5 heteroatoms. The van der Waals surface area contributed by atoms with Gasteiger partial charge in [-0.25, -0.2) is 8.42 Å². The van der Waals surface area contributed by atoms with Crippen LogP contribution in [0.5, 0.6) is 5.75 Å². The molecule has 100 valence electrons. The molecule has 0 saturated carbocycles. The van der Waals surface area contributed by atoms with Gasteiger partial charge in [-0.15, -0.1) is 0 Å². The normalized spacial score (nSPS) is 24.0. The molecule has 2 N–H and O–H groups in total. The van der Waals surface area contributed by atoms with Gasteiger partial charge in [-0.2, -0.15) is 0 Å². The lowest BCUT2D eigenvalue weighted by molar-refractivity contribution is 0.436. The second-order valence-corrected chi connectivity index (χ2v) is 7.28. The largest absolute Gasteiger partial charge is 0.508 e. The highest BCUT2D eigenvalue weighted by Crippen LogP contribution is 2.26. The predicted molar refractivity (Wildman–Crippen MR) is 71.5 cm³/mol. The van der Waals surface area contributed by atoms with Crippen LogP contribution in [-0.4, -0.2) is 31.1 Å². The molecule has 18 heavy (non-hydrogen) atoms. The van der Waals surface area contributed by atoms with Gasteiger partial charge in [0.15, 0.2) is 9.84 Å². The van der Waals surface area contributed by atoms with Gasteiger partial charge in [0.25, 0.3) is 0 Å². The lowest BCUT2D eigenvalue weighted by Crippen LogP contribution is -2.32. The van der Waals surface area contributed by atoms with Crippen LogP contribution in [-0.2, 0) is 9.84 Å². The SMILES string of the molecule is Cc1ccc(O)c(C(C)NC2CCS(=O)(=O)C2)c1. The summed E-state index contributed by atoms with van der Waals surface area (Å²) in [5.74, 6) is 0.711. The number of hydrogen-bond acceptors (Lipinski definition) is 4. The molecular formula is C13H19NO3S. The third-order valence-electron chi connectivity index (χ3n) is 3.37. The molecule has 4 nitrogen and oxygen atoms in total. The van der Waals surface area contributed by atoms with Crippen LogP contribution < -0.4 is 5.32 Å². The summed E-state index contributed by atoms with van der Waals surface area (Å²) in [7, 11) is -2.87. The van der Waals surface area contributed by atoms with Gasteiger partial charge in [-0.05, 0) is 26.3 Å². The summed E-state index contributed by atoms with van der Waals surface area (Å²) < 4.78 is 22.8. The van der Waals surface area contributed by atoms with Crippen molar-refractivity contribution in [2.75, 3.05) is 11.5 Å². The minimum atomic E-state index is -2.87. The Labute approximate surface area is 108 Å². The van der Waals surface area contributed by atoms with E-state index in [2.05, 4.69) is 5.32 Å². The number of phenolic OH excluding ortho intramolecular Hbond substituents is 1. The number of hydrogen-bond donors (Lipinski definition) is 2. The van der Waals surface area contributed by atoms with E-state index in [-0.39, 0.29) is 29.3 Å². The van der Waals surface area contributed by atoms with Crippen LogP contribution in [0.2, 0.25) is 0 Å². The van der Waals surface area contributed by atoms with E-state index in [1.807, 2.05) is 26.0 Å². The number of aromatic hydroxyl groups is 1. The Morgan fingerprint density at radius 1 is 1.44 bits per heavy atom. The second-order valence-electron chi connectivity index (χ2n) is 5.05. The summed E-state index contributed by atoms with van der Waals surface area (Å²) in [6.07, 6.45) is 0.652. The van der Waals surface area contributed by atoms with Crippen LogP contribution in [0.15, 0.2) is 18.2 Å². The molecule has 1 fully saturated rings. The zero-order chi connectivity index (χ0) is 13.3. The van der Waals surface area contributed by atoms with Gasteiger partial charge in [0, 0.05) is 17.6 Å². The molecule has 1 aliphatic rings. The molecule has 0 amide bonds. The van der Waals surface area contributed by atoms with Gasteiger partial charge < -0.3 is 10.4 Å². The molecule has 1 saturated heterocycles. The fourth-order valence-electron chi connectivity index (χ4n) is 2.39. The van der Waals surface area contributed by atoms with Gasteiger partial charge in [-0.3, -0.25) is 0 Å². The minimum absolute atomic E-state index is 0.00934. The monoisotopic (exact) mass is 269 g/mol. The van der Waals surface area contributed by atoms with E-state index in [0.717, 1.165) is 11.1 Å². The van der Waals surface area contributed by atoms with Crippen LogP contribution in [0.4, 0.5) is 0 Å². The van der Waals surface area contributed by atoms with Crippen molar-refractivity contribution in [1.29, 1.82) is 0 Å². The maximum Gasteiger partial charge on any atom is 0.151 e. The smallest absolute Gasteiger partial charge is 0.151 e. The standard InChI is InChI=1S/C13H19NO3S/c1-9-3-4-13(15)12(7-9)10(2)14-11-5-6-18(16,17)8-11/h3-4,7,10-11,14-15H,5-6,8H2,1-2H3. The number of benzene rings is 1. The Kier molecular flexibility index (Phi) is 3.64. The molecule has 1 aromatic carbocycles. The third-order valence-corrected chi connectivity index (χ3v) is 5.14. The second kappa shape index (κ2) is 4.90. The van der Waals surface area contributed by atoms with Crippen LogP contribution in [0.25, 0.3) is 0 Å². The number of nitrogens with one attached hydrogen (secondary N) is 1. The number of rotatable bonds is 3. The molecule has 0 aliphatic carbocycles. The minimum Gasteiger partial charge on any atom is -0.508 e. The molecule has 2 atom stereocenters. The molecule has 1 aromatic rings. The summed E-state index contributed by atoms with van der Waals surface area (Å²) in [6.45, 7) is 3.91. The quantitative estimate of drug-likeness (QED) is 0.873. The number of phenols is 1. The molecule has 0 aromatic heterocycles. The first-order chi connectivity index (χ1) is 8.37. The summed E-state index contributed by atoms with van der Waals surface area (Å²) in [4.78, 5) is 0. The number of sulfone groups is 1. The maximum absolute atomic E-state index is 11.4. The van der Waals surface area contributed by atoms with Crippen molar-refractivity contribution in [1.82, 2.24) is 5.32 Å². The molecule has 0 bridgehead atoms. The Bertz CT molecular complexity index is 539. The molecule has 1 heterocycles. The predicted octanol–water partition coefficient (Wildman–Crippen LogP) is 1.54. The summed E-state index contributed by atoms with van der Waals surface area (Å²) in [6, 6.07) is 5.39. The van der Waals surface area contributed by atoms with Crippen molar-refractivity contribution >= 4 is 9.84 Å². The van der Waals surface area contributed by atoms with Crippen LogP contribution in [0.3, 0.4) is 0 Å². The topological polar surface area (TPSA) is 66.4 Å². The molecule has 0 spiro atoms. The Morgan fingerprint density at radius 3 is 2.78 bits per heavy atom. The van der Waals surface area contributed by atoms with E-state index in [1.165, 1.54) is 0 Å². The molecular weight excluding hydrogens is 250 g/mol. The van der Waals surface area contributed by atoms with E-state index in [4.69, 9.17) is 0 Å². The highest BCUT2D eigenvalue weighted by atomic mass is 32.2. The lowest BCUT2D eigenvalue weighted by atomic mass is 10.0. The fraction of sp³-hybridized carbons (Fsp3) is 0.538. The Hall–Kier alpha value is -1.07. The van der Waals surface area contributed by atoms with Crippen molar-refractivity contribution < 1.29 is 13.5 Å². The summed E-state index contributed by atoms with van der Waals surface area (Å²) in [5, 5.41) is 13.1. The van der Waals surface area contributed by atoms with Crippen molar-refractivity contribution in [2.24, 2.45) is 0 Å². The first-order valence-corrected chi connectivity index (χ1v) is 7.95. The summed E-state index contributed by atoms with van der Waals surface area (Å²) in [5.41, 5.74) is 1.90. The van der Waals surface area contributed by atoms with Crippen molar-refractivity contribution in [2.45, 2.75) is 32.4 Å². The van der Waals surface area contributed by atoms with Crippen LogP contribution in [0.1, 0.15) is 30.5 Å². The zero-order valence-corrected chi connectivity index (χ0v) is 11.5. The van der Waals surface area contributed by atoms with Gasteiger partial charge in [0.2, 0.25) is 0 Å². The van der Waals surface area contributed by atoms with Crippen LogP contribution in [0, 0.1) is 6.92 Å². The van der Waals surface area contributed by atoms with Gasteiger partial charge in [0.05, 0.1) is 11.5 Å². The van der Waals surface area contributed by atoms with E-state index >= 15 is 0 Å². The maximum atomic E-state index is 11.4. The van der Waals surface area contributed by atoms with Crippen molar-refractivity contribution in [3.05, 3.63) is 29.3 Å². The van der Waals surface area contributed by atoms with E-state index in [1.54, 1.807) is 6.07 Å². The molecule has 1 aliphatic heterocycles. The van der Waals surface area contributed by atoms with Crippen molar-refractivity contribution in [3.63, 3.8) is 0 Å². The Morgan fingerprint density at radius 2 is 2.17 bits per heavy atom. The van der Waals surface area contributed by atoms with E-state index in [0.29, 0.717) is 6.42 Å². The average Bonchev–Trinajstić information content (AvgIpc) is 2.61.